The molecule has 4 heteroatoms. The van der Waals surface area contributed by atoms with Crippen LogP contribution in [0.15, 0.2) is 30.3 Å². The fraction of sp³-hybridized carbons (Fsp3) is 0.500. The lowest BCUT2D eigenvalue weighted by Gasteiger charge is -2.18. The molecule has 1 amide bonds. The van der Waals surface area contributed by atoms with E-state index < -0.39 is 5.60 Å². The normalized spacial score (nSPS) is 24.1. The van der Waals surface area contributed by atoms with Gasteiger partial charge in [-0.25, -0.2) is 0 Å². The van der Waals surface area contributed by atoms with Gasteiger partial charge < -0.3 is 10.4 Å². The molecule has 1 atom stereocenters. The van der Waals surface area contributed by atoms with E-state index in [0.717, 1.165) is 18.5 Å². The number of carbonyl (C=O) groups excluding carboxylic acids is 1. The van der Waals surface area contributed by atoms with Crippen LogP contribution in [0.1, 0.15) is 18.9 Å². The third-order valence-corrected chi connectivity index (χ3v) is 3.23. The van der Waals surface area contributed by atoms with Crippen LogP contribution in [-0.4, -0.2) is 41.1 Å². The van der Waals surface area contributed by atoms with Gasteiger partial charge in [0.1, 0.15) is 0 Å². The lowest BCUT2D eigenvalue weighted by molar-refractivity contribution is -0.122. The van der Waals surface area contributed by atoms with Gasteiger partial charge in [-0.2, -0.15) is 0 Å². The molecule has 98 valence electrons. The molecule has 2 N–H and O–H groups in total. The van der Waals surface area contributed by atoms with Crippen LogP contribution in [0.5, 0.6) is 0 Å². The minimum Gasteiger partial charge on any atom is -0.389 e. The molecular formula is C14H20N2O2. The summed E-state index contributed by atoms with van der Waals surface area (Å²) in [6, 6.07) is 9.85. The summed E-state index contributed by atoms with van der Waals surface area (Å²) in [5, 5.41) is 12.7. The molecule has 18 heavy (non-hydrogen) atoms. The molecule has 1 aromatic carbocycles. The van der Waals surface area contributed by atoms with Gasteiger partial charge in [0.2, 0.25) is 5.91 Å². The highest BCUT2D eigenvalue weighted by molar-refractivity contribution is 5.78. The zero-order chi connectivity index (χ0) is 13.0. The summed E-state index contributed by atoms with van der Waals surface area (Å²) >= 11 is 0. The van der Waals surface area contributed by atoms with Crippen LogP contribution in [0.25, 0.3) is 0 Å². The predicted octanol–water partition coefficient (Wildman–Crippen LogP) is 0.759. The molecule has 1 aromatic rings. The molecule has 0 aliphatic carbocycles. The second-order valence-electron chi connectivity index (χ2n) is 5.22. The highest BCUT2D eigenvalue weighted by Gasteiger charge is 2.31. The van der Waals surface area contributed by atoms with Crippen molar-refractivity contribution in [3.63, 3.8) is 0 Å². The van der Waals surface area contributed by atoms with E-state index in [9.17, 15) is 9.90 Å². The van der Waals surface area contributed by atoms with Gasteiger partial charge in [-0.1, -0.05) is 30.3 Å². The molecule has 0 spiro atoms. The Kier molecular flexibility index (Phi) is 3.99. The number of amides is 1. The van der Waals surface area contributed by atoms with E-state index >= 15 is 0 Å². The van der Waals surface area contributed by atoms with Gasteiger partial charge in [0.25, 0.3) is 0 Å². The maximum absolute atomic E-state index is 11.7. The van der Waals surface area contributed by atoms with E-state index in [0.29, 0.717) is 19.6 Å². The quantitative estimate of drug-likeness (QED) is 0.827. The first-order chi connectivity index (χ1) is 8.55. The molecule has 1 unspecified atom stereocenters. The molecule has 1 saturated heterocycles. The van der Waals surface area contributed by atoms with E-state index in [2.05, 4.69) is 5.32 Å². The van der Waals surface area contributed by atoms with Crippen molar-refractivity contribution < 1.29 is 9.90 Å². The van der Waals surface area contributed by atoms with Crippen LogP contribution >= 0.6 is 0 Å². The summed E-state index contributed by atoms with van der Waals surface area (Å²) in [5.74, 6) is 0.0107. The Morgan fingerprint density at radius 3 is 2.78 bits per heavy atom. The van der Waals surface area contributed by atoms with Crippen LogP contribution in [0.3, 0.4) is 0 Å². The number of carbonyl (C=O) groups is 1. The number of nitrogens with zero attached hydrogens (tertiary/aromatic N) is 1. The van der Waals surface area contributed by atoms with Gasteiger partial charge >= 0.3 is 0 Å². The highest BCUT2D eigenvalue weighted by atomic mass is 16.3. The van der Waals surface area contributed by atoms with E-state index in [1.165, 1.54) is 0 Å². The van der Waals surface area contributed by atoms with Crippen LogP contribution in [-0.2, 0) is 11.3 Å². The zero-order valence-corrected chi connectivity index (χ0v) is 10.7. The monoisotopic (exact) mass is 248 g/mol. The number of benzene rings is 1. The van der Waals surface area contributed by atoms with Crippen molar-refractivity contribution in [2.24, 2.45) is 0 Å². The van der Waals surface area contributed by atoms with E-state index in [1.54, 1.807) is 0 Å². The average Bonchev–Trinajstić information content (AvgIpc) is 2.67. The predicted molar refractivity (Wildman–Crippen MR) is 70.0 cm³/mol. The minimum atomic E-state index is -0.639. The maximum Gasteiger partial charge on any atom is 0.234 e. The Bertz CT molecular complexity index is 404. The van der Waals surface area contributed by atoms with E-state index in [4.69, 9.17) is 0 Å². The minimum absolute atomic E-state index is 0.0107. The first-order valence-electron chi connectivity index (χ1n) is 6.30. The number of hydrogen-bond donors (Lipinski definition) is 2. The van der Waals surface area contributed by atoms with Gasteiger partial charge in [-0.05, 0) is 18.9 Å². The Morgan fingerprint density at radius 1 is 1.44 bits per heavy atom. The van der Waals surface area contributed by atoms with E-state index in [-0.39, 0.29) is 5.91 Å². The number of rotatable bonds is 4. The third kappa shape index (κ3) is 3.82. The maximum atomic E-state index is 11.7. The second kappa shape index (κ2) is 5.50. The van der Waals surface area contributed by atoms with Crippen molar-refractivity contribution in [2.75, 3.05) is 19.6 Å². The van der Waals surface area contributed by atoms with Crippen LogP contribution in [0, 0.1) is 0 Å². The molecule has 0 saturated carbocycles. The lowest BCUT2D eigenvalue weighted by atomic mass is 10.1. The summed E-state index contributed by atoms with van der Waals surface area (Å²) in [6.45, 7) is 4.10. The van der Waals surface area contributed by atoms with Crippen molar-refractivity contribution >= 4 is 5.91 Å². The Labute approximate surface area is 108 Å². The Hall–Kier alpha value is -1.39. The topological polar surface area (TPSA) is 52.6 Å². The molecule has 1 aliphatic heterocycles. The summed E-state index contributed by atoms with van der Waals surface area (Å²) in [4.78, 5) is 13.7. The Morgan fingerprint density at radius 2 is 2.17 bits per heavy atom. The molecule has 4 nitrogen and oxygen atoms in total. The average molecular weight is 248 g/mol. The SMILES string of the molecule is CC1(O)CCN(CC(=O)NCc2ccccc2)C1. The summed E-state index contributed by atoms with van der Waals surface area (Å²) < 4.78 is 0. The number of aliphatic hydroxyl groups is 1. The molecule has 1 heterocycles. The van der Waals surface area contributed by atoms with Crippen LogP contribution < -0.4 is 5.32 Å². The van der Waals surface area contributed by atoms with Crippen molar-refractivity contribution in [2.45, 2.75) is 25.5 Å². The van der Waals surface area contributed by atoms with Gasteiger partial charge in [-0.3, -0.25) is 9.69 Å². The molecular weight excluding hydrogens is 228 g/mol. The van der Waals surface area contributed by atoms with Crippen molar-refractivity contribution in [1.82, 2.24) is 10.2 Å². The standard InChI is InChI=1S/C14H20N2O2/c1-14(18)7-8-16(11-14)10-13(17)15-9-12-5-3-2-4-6-12/h2-6,18H,7-11H2,1H3,(H,15,17). The summed E-state index contributed by atoms with van der Waals surface area (Å²) in [7, 11) is 0. The van der Waals surface area contributed by atoms with Crippen molar-refractivity contribution in [1.29, 1.82) is 0 Å². The van der Waals surface area contributed by atoms with Crippen LogP contribution in [0.4, 0.5) is 0 Å². The molecule has 0 radical (unpaired) electrons. The second-order valence-corrected chi connectivity index (χ2v) is 5.22. The van der Waals surface area contributed by atoms with Gasteiger partial charge in [0.15, 0.2) is 0 Å². The smallest absolute Gasteiger partial charge is 0.234 e. The van der Waals surface area contributed by atoms with Crippen molar-refractivity contribution in [3.05, 3.63) is 35.9 Å². The molecule has 0 bridgehead atoms. The lowest BCUT2D eigenvalue weighted by Crippen LogP contribution is -2.37. The fourth-order valence-corrected chi connectivity index (χ4v) is 2.23. The van der Waals surface area contributed by atoms with Gasteiger partial charge in [-0.15, -0.1) is 0 Å². The van der Waals surface area contributed by atoms with E-state index in [1.807, 2.05) is 42.2 Å². The molecule has 0 aromatic heterocycles. The zero-order valence-electron chi connectivity index (χ0n) is 10.7. The third-order valence-electron chi connectivity index (χ3n) is 3.23. The number of likely N-dealkylation sites (tertiary alicyclic amines) is 1. The number of β-amino-alcohol motifs (C(OH)–C–C–N with tert-alkyl or cyclic N) is 1. The number of hydrogen-bond acceptors (Lipinski definition) is 3. The fourth-order valence-electron chi connectivity index (χ4n) is 2.23. The Balaban J connectivity index is 1.73. The largest absolute Gasteiger partial charge is 0.389 e. The van der Waals surface area contributed by atoms with Crippen LogP contribution in [0.2, 0.25) is 0 Å². The highest BCUT2D eigenvalue weighted by Crippen LogP contribution is 2.19. The summed E-state index contributed by atoms with van der Waals surface area (Å²) in [6.07, 6.45) is 0.735. The number of nitrogens with one attached hydrogen (secondary N) is 1. The molecule has 1 fully saturated rings. The first-order valence-corrected chi connectivity index (χ1v) is 6.30. The van der Waals surface area contributed by atoms with Gasteiger partial charge in [0.05, 0.1) is 12.1 Å². The molecule has 1 aliphatic rings. The first kappa shape index (κ1) is 13.1. The molecule has 2 rings (SSSR count). The van der Waals surface area contributed by atoms with Crippen molar-refractivity contribution in [3.8, 4) is 0 Å². The van der Waals surface area contributed by atoms with Gasteiger partial charge in [0, 0.05) is 19.6 Å². The summed E-state index contributed by atoms with van der Waals surface area (Å²) in [5.41, 5.74) is 0.457.